The van der Waals surface area contributed by atoms with Crippen LogP contribution >= 0.6 is 22.6 Å². The molecule has 0 aromatic heterocycles. The summed E-state index contributed by atoms with van der Waals surface area (Å²) in [5, 5.41) is 6.92. The molecule has 1 aliphatic heterocycles. The van der Waals surface area contributed by atoms with Crippen LogP contribution in [0.25, 0.3) is 0 Å². The van der Waals surface area contributed by atoms with Crippen molar-refractivity contribution in [3.8, 4) is 0 Å². The lowest BCUT2D eigenvalue weighted by atomic mass is 9.68. The maximum Gasteiger partial charge on any atom is 0.255 e. The molecule has 4 heteroatoms. The molecule has 2 fully saturated rings. The Balaban J connectivity index is 1.34. The summed E-state index contributed by atoms with van der Waals surface area (Å²) in [5.41, 5.74) is 5.52. The highest BCUT2D eigenvalue weighted by Gasteiger charge is 2.53. The first-order valence-electron chi connectivity index (χ1n) is 11.2. The fraction of sp³-hybridized carbons (Fsp3) is 0.296. The van der Waals surface area contributed by atoms with E-state index in [1.54, 1.807) is 0 Å². The van der Waals surface area contributed by atoms with Crippen LogP contribution in [0.2, 0.25) is 0 Å². The average molecular weight is 520 g/mol. The molecule has 0 unspecified atom stereocenters. The highest BCUT2D eigenvalue weighted by atomic mass is 127. The quantitative estimate of drug-likeness (QED) is 0.372. The molecule has 0 radical (unpaired) electrons. The van der Waals surface area contributed by atoms with Gasteiger partial charge in [0.05, 0.1) is 6.04 Å². The molecule has 2 bridgehead atoms. The molecule has 1 amide bonds. The number of fused-ring (bicyclic) bond motifs is 7. The van der Waals surface area contributed by atoms with E-state index in [1.165, 1.54) is 36.1 Å². The molecule has 3 aromatic carbocycles. The van der Waals surface area contributed by atoms with Gasteiger partial charge in [-0.2, -0.15) is 0 Å². The summed E-state index contributed by atoms with van der Waals surface area (Å²) in [5.74, 6) is 2.66. The molecule has 5 atom stereocenters. The van der Waals surface area contributed by atoms with E-state index in [2.05, 4.69) is 75.7 Å². The van der Waals surface area contributed by atoms with Gasteiger partial charge in [0.1, 0.15) is 0 Å². The number of carbonyl (C=O) groups excluding carboxylic acids is 1. The van der Waals surface area contributed by atoms with Crippen molar-refractivity contribution in [2.45, 2.75) is 31.2 Å². The van der Waals surface area contributed by atoms with E-state index in [4.69, 9.17) is 0 Å². The van der Waals surface area contributed by atoms with Crippen molar-refractivity contribution >= 4 is 39.9 Å². The van der Waals surface area contributed by atoms with Crippen LogP contribution in [-0.2, 0) is 0 Å². The van der Waals surface area contributed by atoms with E-state index in [9.17, 15) is 4.79 Å². The molecule has 0 saturated heterocycles. The average Bonchev–Trinajstić information content (AvgIpc) is 3.43. The summed E-state index contributed by atoms with van der Waals surface area (Å²) in [7, 11) is 0. The van der Waals surface area contributed by atoms with Gasteiger partial charge in [-0.1, -0.05) is 30.3 Å². The van der Waals surface area contributed by atoms with Gasteiger partial charge in [0.25, 0.3) is 5.91 Å². The molecule has 3 aliphatic rings. The van der Waals surface area contributed by atoms with Crippen LogP contribution in [0.15, 0.2) is 72.8 Å². The summed E-state index contributed by atoms with van der Waals surface area (Å²) >= 11 is 2.27. The maximum absolute atomic E-state index is 13.0. The number of halogens is 1. The number of hydrogen-bond acceptors (Lipinski definition) is 2. The van der Waals surface area contributed by atoms with Crippen LogP contribution < -0.4 is 10.6 Å². The number of carbonyl (C=O) groups is 1. The van der Waals surface area contributed by atoms with Crippen LogP contribution in [-0.4, -0.2) is 5.91 Å². The van der Waals surface area contributed by atoms with Gasteiger partial charge in [-0.3, -0.25) is 4.79 Å². The lowest BCUT2D eigenvalue weighted by molar-refractivity contribution is 0.102. The first-order chi connectivity index (χ1) is 15.2. The second kappa shape index (κ2) is 7.66. The van der Waals surface area contributed by atoms with E-state index in [-0.39, 0.29) is 5.91 Å². The predicted octanol–water partition coefficient (Wildman–Crippen LogP) is 6.84. The molecule has 1 heterocycles. The van der Waals surface area contributed by atoms with E-state index in [0.29, 0.717) is 17.9 Å². The Kier molecular flexibility index (Phi) is 4.78. The highest BCUT2D eigenvalue weighted by molar-refractivity contribution is 14.1. The SMILES string of the molecule is O=C(Nc1ccc(I)cc1)c1ccc2c(c1)[C@@H]1[C@H]3CC[C@@H](C3)[C@H]1[C@@H](c1ccccc1)N2. The van der Waals surface area contributed by atoms with Crippen molar-refractivity contribution in [3.63, 3.8) is 0 Å². The minimum atomic E-state index is -0.0334. The molecule has 156 valence electrons. The van der Waals surface area contributed by atoms with E-state index < -0.39 is 0 Å². The van der Waals surface area contributed by atoms with Crippen molar-refractivity contribution in [1.29, 1.82) is 0 Å². The van der Waals surface area contributed by atoms with Gasteiger partial charge in [0, 0.05) is 20.5 Å². The fourth-order valence-corrected chi connectivity index (χ4v) is 6.71. The highest BCUT2D eigenvalue weighted by Crippen LogP contribution is 2.63. The van der Waals surface area contributed by atoms with Crippen molar-refractivity contribution in [2.24, 2.45) is 17.8 Å². The summed E-state index contributed by atoms with van der Waals surface area (Å²) < 4.78 is 1.16. The van der Waals surface area contributed by atoms with E-state index >= 15 is 0 Å². The Hall–Kier alpha value is -2.34. The molecular weight excluding hydrogens is 495 g/mol. The Morgan fingerprint density at radius 1 is 0.935 bits per heavy atom. The lowest BCUT2D eigenvalue weighted by Crippen LogP contribution is -2.35. The number of benzene rings is 3. The molecule has 2 aliphatic carbocycles. The standard InChI is InChI=1S/C27H25IN2O/c28-20-9-11-21(12-10-20)29-27(31)19-8-13-23-22(15-19)24-17-6-7-18(14-17)25(24)26(30-23)16-4-2-1-3-5-16/h1-5,8-13,15,17-18,24-26,30H,6-7,14H2,(H,29,31)/t17-,18-,24-,25+,26+/m0/s1. The van der Waals surface area contributed by atoms with E-state index in [0.717, 1.165) is 26.7 Å². The second-order valence-electron chi connectivity index (χ2n) is 9.23. The smallest absolute Gasteiger partial charge is 0.255 e. The Morgan fingerprint density at radius 3 is 2.52 bits per heavy atom. The second-order valence-corrected chi connectivity index (χ2v) is 10.5. The molecule has 2 N–H and O–H groups in total. The molecule has 31 heavy (non-hydrogen) atoms. The van der Waals surface area contributed by atoms with Gasteiger partial charge in [-0.15, -0.1) is 0 Å². The van der Waals surface area contributed by atoms with Crippen molar-refractivity contribution < 1.29 is 4.79 Å². The minimum Gasteiger partial charge on any atom is -0.378 e. The molecular formula is C27H25IN2O. The number of amides is 1. The molecule has 2 saturated carbocycles. The maximum atomic E-state index is 13.0. The molecule has 3 nitrogen and oxygen atoms in total. The largest absolute Gasteiger partial charge is 0.378 e. The topological polar surface area (TPSA) is 41.1 Å². The zero-order chi connectivity index (χ0) is 20.9. The van der Waals surface area contributed by atoms with Gasteiger partial charge >= 0.3 is 0 Å². The third-order valence-corrected chi connectivity index (χ3v) is 8.33. The Bertz CT molecular complexity index is 1130. The van der Waals surface area contributed by atoms with Crippen LogP contribution in [0.5, 0.6) is 0 Å². The Morgan fingerprint density at radius 2 is 1.71 bits per heavy atom. The third-order valence-electron chi connectivity index (χ3n) is 7.61. The molecule has 3 aromatic rings. The number of rotatable bonds is 3. The Labute approximate surface area is 196 Å². The fourth-order valence-electron chi connectivity index (χ4n) is 6.35. The first-order valence-corrected chi connectivity index (χ1v) is 12.3. The van der Waals surface area contributed by atoms with E-state index in [1.807, 2.05) is 30.3 Å². The van der Waals surface area contributed by atoms with Gasteiger partial charge in [0.2, 0.25) is 0 Å². The lowest BCUT2D eigenvalue weighted by Gasteiger charge is -2.43. The van der Waals surface area contributed by atoms with Gasteiger partial charge < -0.3 is 10.6 Å². The monoisotopic (exact) mass is 520 g/mol. The van der Waals surface area contributed by atoms with Gasteiger partial charge in [-0.25, -0.2) is 0 Å². The third kappa shape index (κ3) is 3.36. The molecule has 6 rings (SSSR count). The van der Waals surface area contributed by atoms with Crippen LogP contribution in [0, 0.1) is 21.3 Å². The normalized spacial score (nSPS) is 27.8. The summed E-state index contributed by atoms with van der Waals surface area (Å²) in [6.07, 6.45) is 4.00. The van der Waals surface area contributed by atoms with Crippen molar-refractivity contribution in [2.75, 3.05) is 10.6 Å². The zero-order valence-corrected chi connectivity index (χ0v) is 19.4. The number of anilines is 2. The van der Waals surface area contributed by atoms with Gasteiger partial charge in [0.15, 0.2) is 0 Å². The summed E-state index contributed by atoms with van der Waals surface area (Å²) in [6, 6.07) is 25.4. The number of hydrogen-bond donors (Lipinski definition) is 2. The molecule has 0 spiro atoms. The summed E-state index contributed by atoms with van der Waals surface area (Å²) in [4.78, 5) is 13.0. The van der Waals surface area contributed by atoms with Crippen molar-refractivity contribution in [1.82, 2.24) is 0 Å². The van der Waals surface area contributed by atoms with Crippen molar-refractivity contribution in [3.05, 3.63) is 93.1 Å². The van der Waals surface area contributed by atoms with Crippen LogP contribution in [0.1, 0.15) is 52.7 Å². The van der Waals surface area contributed by atoms with Crippen LogP contribution in [0.3, 0.4) is 0 Å². The minimum absolute atomic E-state index is 0.0334. The zero-order valence-electron chi connectivity index (χ0n) is 17.2. The summed E-state index contributed by atoms with van der Waals surface area (Å²) in [6.45, 7) is 0. The first kappa shape index (κ1) is 19.4. The predicted molar refractivity (Wildman–Crippen MR) is 133 cm³/mol. The number of nitrogens with one attached hydrogen (secondary N) is 2. The van der Waals surface area contributed by atoms with Gasteiger partial charge in [-0.05, 0) is 119 Å². The van der Waals surface area contributed by atoms with Crippen LogP contribution in [0.4, 0.5) is 11.4 Å².